The minimum Gasteiger partial charge on any atom is -0.494 e. The van der Waals surface area contributed by atoms with Crippen LogP contribution in [0, 0.1) is 6.92 Å². The molecule has 1 amide bonds. The van der Waals surface area contributed by atoms with Gasteiger partial charge in [-0.05, 0) is 68.4 Å². The third-order valence-electron chi connectivity index (χ3n) is 5.18. The van der Waals surface area contributed by atoms with E-state index in [2.05, 4.69) is 11.4 Å². The molecule has 148 valence electrons. The van der Waals surface area contributed by atoms with E-state index < -0.39 is 0 Å². The van der Waals surface area contributed by atoms with Gasteiger partial charge in [0, 0.05) is 24.9 Å². The maximum Gasteiger partial charge on any atom is 0.220 e. The lowest BCUT2D eigenvalue weighted by Gasteiger charge is -2.08. The highest BCUT2D eigenvalue weighted by Crippen LogP contribution is 2.23. The summed E-state index contributed by atoms with van der Waals surface area (Å²) >= 11 is 0. The molecule has 0 fully saturated rings. The van der Waals surface area contributed by atoms with Gasteiger partial charge in [-0.25, -0.2) is 0 Å². The van der Waals surface area contributed by atoms with E-state index in [1.807, 2.05) is 43.3 Å². The van der Waals surface area contributed by atoms with Crippen molar-refractivity contribution in [2.75, 3.05) is 13.2 Å². The van der Waals surface area contributed by atoms with Crippen molar-refractivity contribution in [3.05, 3.63) is 64.7 Å². The zero-order valence-corrected chi connectivity index (χ0v) is 16.6. The Morgan fingerprint density at radius 2 is 1.75 bits per heavy atom. The minimum atomic E-state index is -0.0611. The Morgan fingerprint density at radius 3 is 2.57 bits per heavy atom. The van der Waals surface area contributed by atoms with E-state index >= 15 is 0 Å². The highest BCUT2D eigenvalue weighted by Gasteiger charge is 2.14. The lowest BCUT2D eigenvalue weighted by atomic mass is 10.0. The molecule has 0 saturated heterocycles. The quantitative estimate of drug-likeness (QED) is 0.491. The van der Waals surface area contributed by atoms with Gasteiger partial charge in [-0.3, -0.25) is 9.59 Å². The number of fused-ring (bicyclic) bond motifs is 1. The van der Waals surface area contributed by atoms with Crippen molar-refractivity contribution < 1.29 is 14.3 Å². The molecule has 4 heteroatoms. The summed E-state index contributed by atoms with van der Waals surface area (Å²) in [6, 6.07) is 14.0. The molecule has 0 saturated carbocycles. The monoisotopic (exact) mass is 379 g/mol. The molecule has 2 aromatic rings. The van der Waals surface area contributed by atoms with Crippen LogP contribution in [0.1, 0.15) is 59.2 Å². The fourth-order valence-electron chi connectivity index (χ4n) is 3.48. The fraction of sp³-hybridized carbons (Fsp3) is 0.417. The smallest absolute Gasteiger partial charge is 0.220 e. The summed E-state index contributed by atoms with van der Waals surface area (Å²) in [6.07, 6.45) is 5.59. The van der Waals surface area contributed by atoms with Gasteiger partial charge in [-0.1, -0.05) is 29.8 Å². The molecular formula is C24H29NO3. The standard InChI is InChI=1S/C24H29NO3/c1-18-7-11-22(12-8-18)28-16-3-2-15-25-24(27)14-13-23(26)21-10-9-19-5-4-6-20(19)17-21/h7-12,17H,2-6,13-16H2,1H3,(H,25,27). The Bertz CT molecular complexity index is 811. The second-order valence-electron chi connectivity index (χ2n) is 7.48. The molecule has 0 aliphatic heterocycles. The number of aryl methyl sites for hydroxylation is 3. The lowest BCUT2D eigenvalue weighted by Crippen LogP contribution is -2.25. The first-order valence-electron chi connectivity index (χ1n) is 10.2. The molecule has 1 aliphatic carbocycles. The van der Waals surface area contributed by atoms with E-state index in [0.717, 1.165) is 37.0 Å². The fourth-order valence-corrected chi connectivity index (χ4v) is 3.48. The van der Waals surface area contributed by atoms with Crippen molar-refractivity contribution in [1.82, 2.24) is 5.32 Å². The van der Waals surface area contributed by atoms with Crippen LogP contribution < -0.4 is 10.1 Å². The van der Waals surface area contributed by atoms with Crippen molar-refractivity contribution in [3.63, 3.8) is 0 Å². The van der Waals surface area contributed by atoms with Crippen molar-refractivity contribution in [1.29, 1.82) is 0 Å². The summed E-state index contributed by atoms with van der Waals surface area (Å²) in [7, 11) is 0. The van der Waals surface area contributed by atoms with E-state index in [1.54, 1.807) is 0 Å². The molecule has 0 unspecified atom stereocenters. The predicted molar refractivity (Wildman–Crippen MR) is 111 cm³/mol. The molecule has 0 aromatic heterocycles. The molecule has 0 spiro atoms. The molecule has 0 atom stereocenters. The second kappa shape index (κ2) is 10.1. The van der Waals surface area contributed by atoms with Crippen molar-refractivity contribution >= 4 is 11.7 Å². The first-order chi connectivity index (χ1) is 13.6. The average Bonchev–Trinajstić information content (AvgIpc) is 3.18. The number of ketones is 1. The average molecular weight is 380 g/mol. The number of hydrogen-bond donors (Lipinski definition) is 1. The largest absolute Gasteiger partial charge is 0.494 e. The Kier molecular flexibility index (Phi) is 7.24. The minimum absolute atomic E-state index is 0.0522. The first-order valence-corrected chi connectivity index (χ1v) is 10.2. The number of ether oxygens (including phenoxy) is 1. The summed E-state index contributed by atoms with van der Waals surface area (Å²) in [6.45, 7) is 3.30. The van der Waals surface area contributed by atoms with E-state index in [-0.39, 0.29) is 24.5 Å². The molecular weight excluding hydrogens is 350 g/mol. The maximum atomic E-state index is 12.3. The molecule has 4 nitrogen and oxygen atoms in total. The van der Waals surface area contributed by atoms with E-state index in [0.29, 0.717) is 13.2 Å². The van der Waals surface area contributed by atoms with Crippen molar-refractivity contribution in [2.45, 2.75) is 51.9 Å². The van der Waals surface area contributed by atoms with Crippen LogP contribution in [0.4, 0.5) is 0 Å². The Labute approximate surface area is 167 Å². The van der Waals surface area contributed by atoms with Gasteiger partial charge in [0.25, 0.3) is 0 Å². The number of Topliss-reactive ketones (excluding diaryl/α,β-unsaturated/α-hetero) is 1. The van der Waals surface area contributed by atoms with Crippen LogP contribution in [0.3, 0.4) is 0 Å². The number of hydrogen-bond acceptors (Lipinski definition) is 3. The summed E-state index contributed by atoms with van der Waals surface area (Å²) in [5.41, 5.74) is 4.61. The SMILES string of the molecule is Cc1ccc(OCCCCNC(=O)CCC(=O)c2ccc3c(c2)CCC3)cc1. The third-order valence-corrected chi connectivity index (χ3v) is 5.18. The molecule has 2 aromatic carbocycles. The van der Waals surface area contributed by atoms with Crippen LogP contribution >= 0.6 is 0 Å². The summed E-state index contributed by atoms with van der Waals surface area (Å²) in [5, 5.41) is 2.89. The van der Waals surface area contributed by atoms with E-state index in [9.17, 15) is 9.59 Å². The molecule has 0 heterocycles. The van der Waals surface area contributed by atoms with Crippen LogP contribution in [0.5, 0.6) is 5.75 Å². The molecule has 1 aliphatic rings. The molecule has 28 heavy (non-hydrogen) atoms. The zero-order chi connectivity index (χ0) is 19.8. The number of carbonyl (C=O) groups excluding carboxylic acids is 2. The van der Waals surface area contributed by atoms with Crippen molar-refractivity contribution in [2.24, 2.45) is 0 Å². The number of nitrogens with one attached hydrogen (secondary N) is 1. The van der Waals surface area contributed by atoms with Gasteiger partial charge in [0.2, 0.25) is 5.91 Å². The molecule has 3 rings (SSSR count). The van der Waals surface area contributed by atoms with Gasteiger partial charge in [-0.15, -0.1) is 0 Å². The van der Waals surface area contributed by atoms with Crippen molar-refractivity contribution in [3.8, 4) is 5.75 Å². The predicted octanol–water partition coefficient (Wildman–Crippen LogP) is 4.42. The number of amides is 1. The van der Waals surface area contributed by atoms with E-state index in [4.69, 9.17) is 4.74 Å². The van der Waals surface area contributed by atoms with Gasteiger partial charge < -0.3 is 10.1 Å². The van der Waals surface area contributed by atoms with Crippen LogP contribution in [-0.4, -0.2) is 24.8 Å². The highest BCUT2D eigenvalue weighted by atomic mass is 16.5. The Balaban J connectivity index is 1.27. The Morgan fingerprint density at radius 1 is 0.964 bits per heavy atom. The van der Waals surface area contributed by atoms with Gasteiger partial charge in [-0.2, -0.15) is 0 Å². The lowest BCUT2D eigenvalue weighted by molar-refractivity contribution is -0.121. The van der Waals surface area contributed by atoms with Gasteiger partial charge in [0.05, 0.1) is 6.61 Å². The van der Waals surface area contributed by atoms with Gasteiger partial charge in [0.15, 0.2) is 5.78 Å². The van der Waals surface area contributed by atoms with Crippen LogP contribution in [0.15, 0.2) is 42.5 Å². The highest BCUT2D eigenvalue weighted by molar-refractivity contribution is 5.98. The maximum absolute atomic E-state index is 12.3. The second-order valence-corrected chi connectivity index (χ2v) is 7.48. The van der Waals surface area contributed by atoms with Crippen LogP contribution in [-0.2, 0) is 17.6 Å². The molecule has 0 bridgehead atoms. The number of benzene rings is 2. The third kappa shape index (κ3) is 5.95. The number of unbranched alkanes of at least 4 members (excludes halogenated alkanes) is 1. The van der Waals surface area contributed by atoms with Crippen LogP contribution in [0.2, 0.25) is 0 Å². The molecule has 0 radical (unpaired) electrons. The normalized spacial score (nSPS) is 12.5. The first kappa shape index (κ1) is 20.1. The molecule has 1 N–H and O–H groups in total. The summed E-state index contributed by atoms with van der Waals surface area (Å²) in [5.74, 6) is 0.866. The number of rotatable bonds is 10. The summed E-state index contributed by atoms with van der Waals surface area (Å²) in [4.78, 5) is 24.3. The van der Waals surface area contributed by atoms with Gasteiger partial charge >= 0.3 is 0 Å². The Hall–Kier alpha value is -2.62. The van der Waals surface area contributed by atoms with E-state index in [1.165, 1.54) is 23.1 Å². The van der Waals surface area contributed by atoms with Crippen LogP contribution in [0.25, 0.3) is 0 Å². The summed E-state index contributed by atoms with van der Waals surface area (Å²) < 4.78 is 5.67. The topological polar surface area (TPSA) is 55.4 Å². The van der Waals surface area contributed by atoms with Gasteiger partial charge in [0.1, 0.15) is 5.75 Å². The number of carbonyl (C=O) groups is 2. The zero-order valence-electron chi connectivity index (χ0n) is 16.6.